The van der Waals surface area contributed by atoms with Crippen LogP contribution in [0.2, 0.25) is 5.02 Å². The van der Waals surface area contributed by atoms with Crippen LogP contribution in [0.1, 0.15) is 6.42 Å². The molecule has 0 unspecified atom stereocenters. The van der Waals surface area contributed by atoms with Gasteiger partial charge in [0, 0.05) is 37.7 Å². The molecule has 1 aliphatic heterocycles. The Morgan fingerprint density at radius 3 is 2.38 bits per heavy atom. The lowest BCUT2D eigenvalue weighted by Gasteiger charge is -2.34. The van der Waals surface area contributed by atoms with Gasteiger partial charge in [0.05, 0.1) is 11.5 Å². The highest BCUT2D eigenvalue weighted by molar-refractivity contribution is 7.89. The Morgan fingerprint density at radius 1 is 0.962 bits per heavy atom. The molecular formula is C19H23ClN2O3S. The molecule has 140 valence electrons. The van der Waals surface area contributed by atoms with Crippen LogP contribution in [0.4, 0.5) is 0 Å². The quantitative estimate of drug-likeness (QED) is 0.677. The molecule has 2 aromatic carbocycles. The van der Waals surface area contributed by atoms with Crippen molar-refractivity contribution in [2.75, 3.05) is 39.3 Å². The first kappa shape index (κ1) is 19.2. The number of halogens is 1. The molecule has 0 aliphatic carbocycles. The van der Waals surface area contributed by atoms with E-state index in [0.29, 0.717) is 24.7 Å². The molecule has 0 radical (unpaired) electrons. The number of nitrogens with zero attached hydrogens (tertiary/aromatic N) is 2. The molecule has 0 atom stereocenters. The van der Waals surface area contributed by atoms with Gasteiger partial charge in [-0.2, -0.15) is 4.31 Å². The van der Waals surface area contributed by atoms with E-state index in [1.165, 1.54) is 10.4 Å². The average molecular weight is 395 g/mol. The Hall–Kier alpha value is -1.60. The zero-order chi connectivity index (χ0) is 18.4. The van der Waals surface area contributed by atoms with E-state index >= 15 is 0 Å². The van der Waals surface area contributed by atoms with Crippen LogP contribution in [0.15, 0.2) is 59.5 Å². The Morgan fingerprint density at radius 2 is 1.69 bits per heavy atom. The van der Waals surface area contributed by atoms with Gasteiger partial charge in [-0.15, -0.1) is 0 Å². The van der Waals surface area contributed by atoms with Crippen LogP contribution in [0.3, 0.4) is 0 Å². The fourth-order valence-corrected chi connectivity index (χ4v) is 4.69. The number of para-hydroxylation sites is 1. The minimum absolute atomic E-state index is 0.259. The monoisotopic (exact) mass is 394 g/mol. The normalized spacial score (nSPS) is 16.5. The summed E-state index contributed by atoms with van der Waals surface area (Å²) in [6.07, 6.45) is 0.913. The van der Waals surface area contributed by atoms with Gasteiger partial charge >= 0.3 is 0 Å². The first-order valence-corrected chi connectivity index (χ1v) is 10.5. The molecule has 1 heterocycles. The van der Waals surface area contributed by atoms with Gasteiger partial charge in [-0.3, -0.25) is 0 Å². The van der Waals surface area contributed by atoms with Gasteiger partial charge in [0.25, 0.3) is 0 Å². The highest BCUT2D eigenvalue weighted by Crippen LogP contribution is 2.21. The number of rotatable bonds is 7. The lowest BCUT2D eigenvalue weighted by Crippen LogP contribution is -2.48. The lowest BCUT2D eigenvalue weighted by molar-refractivity contribution is 0.174. The summed E-state index contributed by atoms with van der Waals surface area (Å²) in [5, 5.41) is 0.433. The van der Waals surface area contributed by atoms with Gasteiger partial charge in [-0.1, -0.05) is 35.9 Å². The Balaban J connectivity index is 1.44. The molecule has 1 saturated heterocycles. The molecule has 0 aromatic heterocycles. The molecule has 1 aliphatic rings. The van der Waals surface area contributed by atoms with E-state index in [4.69, 9.17) is 16.3 Å². The van der Waals surface area contributed by atoms with Gasteiger partial charge in [0.2, 0.25) is 10.0 Å². The molecule has 2 aromatic rings. The largest absolute Gasteiger partial charge is 0.494 e. The fourth-order valence-electron chi connectivity index (χ4n) is 2.96. The van der Waals surface area contributed by atoms with E-state index in [-0.39, 0.29) is 4.90 Å². The Kier molecular flexibility index (Phi) is 6.53. The average Bonchev–Trinajstić information content (AvgIpc) is 2.66. The molecule has 3 rings (SSSR count). The zero-order valence-electron chi connectivity index (χ0n) is 14.6. The van der Waals surface area contributed by atoms with E-state index in [9.17, 15) is 8.42 Å². The summed E-state index contributed by atoms with van der Waals surface area (Å²) in [4.78, 5) is 2.54. The Labute approximate surface area is 160 Å². The summed E-state index contributed by atoms with van der Waals surface area (Å²) in [6.45, 7) is 4.00. The second-order valence-corrected chi connectivity index (χ2v) is 8.59. The molecule has 0 amide bonds. The van der Waals surface area contributed by atoms with E-state index < -0.39 is 10.0 Å². The second kappa shape index (κ2) is 8.86. The van der Waals surface area contributed by atoms with Crippen molar-refractivity contribution >= 4 is 21.6 Å². The van der Waals surface area contributed by atoms with Crippen LogP contribution in [0, 0.1) is 0 Å². The first-order chi connectivity index (χ1) is 12.6. The molecule has 0 bridgehead atoms. The summed E-state index contributed by atoms with van der Waals surface area (Å²) < 4.78 is 32.6. The number of hydrogen-bond donors (Lipinski definition) is 0. The van der Waals surface area contributed by atoms with Crippen LogP contribution in [-0.2, 0) is 10.0 Å². The van der Waals surface area contributed by atoms with Crippen molar-refractivity contribution in [2.45, 2.75) is 11.3 Å². The number of benzene rings is 2. The summed E-state index contributed by atoms with van der Waals surface area (Å²) in [5.41, 5.74) is 0. The minimum Gasteiger partial charge on any atom is -0.494 e. The summed E-state index contributed by atoms with van der Waals surface area (Å²) >= 11 is 5.93. The van der Waals surface area contributed by atoms with Crippen molar-refractivity contribution < 1.29 is 13.2 Å². The maximum Gasteiger partial charge on any atom is 0.243 e. The van der Waals surface area contributed by atoms with E-state index in [2.05, 4.69) is 4.90 Å². The third-order valence-corrected chi connectivity index (χ3v) is 6.53. The van der Waals surface area contributed by atoms with E-state index in [1.807, 2.05) is 30.3 Å². The van der Waals surface area contributed by atoms with E-state index in [1.54, 1.807) is 18.2 Å². The summed E-state index contributed by atoms with van der Waals surface area (Å²) in [6, 6.07) is 16.2. The van der Waals surface area contributed by atoms with Crippen molar-refractivity contribution in [3.63, 3.8) is 0 Å². The van der Waals surface area contributed by atoms with Crippen LogP contribution < -0.4 is 4.74 Å². The lowest BCUT2D eigenvalue weighted by atomic mass is 10.3. The molecule has 26 heavy (non-hydrogen) atoms. The van der Waals surface area contributed by atoms with Crippen LogP contribution in [-0.4, -0.2) is 57.0 Å². The number of sulfonamides is 1. The maximum absolute atomic E-state index is 12.7. The molecule has 0 saturated carbocycles. The van der Waals surface area contributed by atoms with Crippen molar-refractivity contribution in [3.8, 4) is 5.75 Å². The third-order valence-electron chi connectivity index (χ3n) is 4.40. The number of hydrogen-bond acceptors (Lipinski definition) is 4. The fraction of sp³-hybridized carbons (Fsp3) is 0.368. The predicted molar refractivity (Wildman–Crippen MR) is 103 cm³/mol. The van der Waals surface area contributed by atoms with Crippen LogP contribution in [0.5, 0.6) is 5.75 Å². The molecule has 7 heteroatoms. The van der Waals surface area contributed by atoms with Crippen LogP contribution >= 0.6 is 11.6 Å². The van der Waals surface area contributed by atoms with Gasteiger partial charge < -0.3 is 9.64 Å². The maximum atomic E-state index is 12.7. The SMILES string of the molecule is O=S(=O)(c1cccc(Cl)c1)N1CCN(CCCOc2ccccc2)CC1. The standard InChI is InChI=1S/C19H23ClN2O3S/c20-17-6-4-9-19(16-17)26(23,24)22-13-11-21(12-14-22)10-5-15-25-18-7-2-1-3-8-18/h1-4,6-9,16H,5,10-15H2. The van der Waals surface area contributed by atoms with Crippen molar-refractivity contribution in [1.82, 2.24) is 9.21 Å². The second-order valence-electron chi connectivity index (χ2n) is 6.22. The topological polar surface area (TPSA) is 49.9 Å². The predicted octanol–water partition coefficient (Wildman–Crippen LogP) is 3.12. The minimum atomic E-state index is -3.47. The third kappa shape index (κ3) is 4.98. The highest BCUT2D eigenvalue weighted by atomic mass is 35.5. The molecule has 5 nitrogen and oxygen atoms in total. The van der Waals surface area contributed by atoms with Crippen molar-refractivity contribution in [2.24, 2.45) is 0 Å². The molecule has 0 spiro atoms. The molecule has 1 fully saturated rings. The van der Waals surface area contributed by atoms with Crippen LogP contribution in [0.25, 0.3) is 0 Å². The molecular weight excluding hydrogens is 372 g/mol. The summed E-state index contributed by atoms with van der Waals surface area (Å²) in [5.74, 6) is 0.880. The van der Waals surface area contributed by atoms with Crippen molar-refractivity contribution in [3.05, 3.63) is 59.6 Å². The highest BCUT2D eigenvalue weighted by Gasteiger charge is 2.28. The number of ether oxygens (including phenoxy) is 1. The van der Waals surface area contributed by atoms with Crippen molar-refractivity contribution in [1.29, 1.82) is 0 Å². The van der Waals surface area contributed by atoms with Gasteiger partial charge in [0.15, 0.2) is 0 Å². The van der Waals surface area contributed by atoms with E-state index in [0.717, 1.165) is 31.8 Å². The first-order valence-electron chi connectivity index (χ1n) is 8.72. The zero-order valence-corrected chi connectivity index (χ0v) is 16.1. The Bertz CT molecular complexity index is 807. The molecule has 0 N–H and O–H groups in total. The smallest absolute Gasteiger partial charge is 0.243 e. The van der Waals surface area contributed by atoms with Gasteiger partial charge in [-0.25, -0.2) is 8.42 Å². The van der Waals surface area contributed by atoms with Gasteiger partial charge in [-0.05, 0) is 36.8 Å². The summed E-state index contributed by atoms with van der Waals surface area (Å²) in [7, 11) is -3.47. The van der Waals surface area contributed by atoms with Gasteiger partial charge in [0.1, 0.15) is 5.75 Å². The number of piperazine rings is 1.